The Kier molecular flexibility index (Phi) is 33.5. The highest BCUT2D eigenvalue weighted by molar-refractivity contribution is 6.29. The maximum atomic E-state index is 12.5. The predicted molar refractivity (Wildman–Crippen MR) is 481 cm³/mol. The van der Waals surface area contributed by atoms with E-state index in [1.165, 1.54) is 0 Å². The third kappa shape index (κ3) is 25.8. The lowest BCUT2D eigenvalue weighted by Crippen LogP contribution is -2.25. The summed E-state index contributed by atoms with van der Waals surface area (Å²) in [6.07, 6.45) is 19.6. The fourth-order valence-electron chi connectivity index (χ4n) is 13.1. The van der Waals surface area contributed by atoms with Crippen LogP contribution >= 0.6 is 11.6 Å². The Morgan fingerprint density at radius 1 is 0.322 bits per heavy atom. The Balaban J connectivity index is 0.000000183. The largest absolute Gasteiger partial charge is 0.481 e. The van der Waals surface area contributed by atoms with E-state index in [4.69, 9.17) is 22.1 Å². The maximum absolute atomic E-state index is 12.5. The topological polar surface area (TPSA) is 288 Å². The number of hydrogen-bond acceptors (Lipinski definition) is 18. The van der Waals surface area contributed by atoms with Gasteiger partial charge in [-0.3, -0.25) is 63.3 Å². The summed E-state index contributed by atoms with van der Waals surface area (Å²) in [6, 6.07) is 53.2. The van der Waals surface area contributed by atoms with Gasteiger partial charge >= 0.3 is 0 Å². The van der Waals surface area contributed by atoms with Gasteiger partial charge < -0.3 is 30.1 Å². The molecule has 4 aromatic carbocycles. The number of amides is 4. The van der Waals surface area contributed by atoms with Crippen LogP contribution in [0.25, 0.3) is 44.5 Å². The molecule has 0 radical (unpaired) electrons. The minimum Gasteiger partial charge on any atom is -0.481 e. The first kappa shape index (κ1) is 91.4. The van der Waals surface area contributed by atoms with E-state index in [0.29, 0.717) is 117 Å². The van der Waals surface area contributed by atoms with Gasteiger partial charge in [0.05, 0.1) is 7.11 Å². The van der Waals surface area contributed by atoms with Crippen molar-refractivity contribution in [2.24, 2.45) is 0 Å². The monoisotopic (exact) mass is 1640 g/mol. The first-order valence-corrected chi connectivity index (χ1v) is 40.7. The molecule has 0 unspecified atom stereocenters. The second-order valence-electron chi connectivity index (χ2n) is 29.2. The van der Waals surface area contributed by atoms with Crippen molar-refractivity contribution in [2.45, 2.75) is 139 Å². The van der Waals surface area contributed by atoms with Crippen molar-refractivity contribution < 1.29 is 43.1 Å². The predicted octanol–water partition coefficient (Wildman–Crippen LogP) is 19.1. The molecule has 2 N–H and O–H groups in total. The highest BCUT2D eigenvalue weighted by Gasteiger charge is 2.20. The fourth-order valence-corrected chi connectivity index (χ4v) is 13.2. The number of nitrogens with two attached hydrogens (primary N) is 1. The van der Waals surface area contributed by atoms with Crippen LogP contribution < -0.4 is 30.1 Å². The Morgan fingerprint density at radius 2 is 0.603 bits per heavy atom. The molecule has 12 aromatic rings. The van der Waals surface area contributed by atoms with E-state index >= 15 is 0 Å². The van der Waals surface area contributed by atoms with Gasteiger partial charge in [0, 0.05) is 186 Å². The molecule has 0 atom stereocenters. The van der Waals surface area contributed by atoms with Crippen molar-refractivity contribution in [3.05, 3.63) is 298 Å². The van der Waals surface area contributed by atoms with Gasteiger partial charge in [-0.2, -0.15) is 0 Å². The van der Waals surface area contributed by atoms with Gasteiger partial charge in [0.2, 0.25) is 29.5 Å². The van der Waals surface area contributed by atoms with Gasteiger partial charge in [0.15, 0.2) is 23.1 Å². The molecule has 0 aliphatic carbocycles. The Morgan fingerprint density at radius 3 is 0.826 bits per heavy atom. The number of nitrogen functional groups attached to an aromatic ring is 1. The number of aryl methyl sites for hydroxylation is 9. The summed E-state index contributed by atoms with van der Waals surface area (Å²) in [5, 5.41) is 0.439. The van der Waals surface area contributed by atoms with Gasteiger partial charge in [-0.15, -0.1) is 0 Å². The van der Waals surface area contributed by atoms with Crippen LogP contribution in [0.3, 0.4) is 0 Å². The summed E-state index contributed by atoms with van der Waals surface area (Å²) < 4.78 is 5.05. The Bertz CT molecular complexity index is 5170. The number of methoxy groups -OCH3 is 1. The third-order valence-electron chi connectivity index (χ3n) is 20.7. The van der Waals surface area contributed by atoms with E-state index in [-0.39, 0.29) is 46.8 Å². The molecule has 12 rings (SSSR count). The number of pyridine rings is 8. The van der Waals surface area contributed by atoms with Crippen molar-refractivity contribution in [2.75, 3.05) is 60.6 Å². The molecule has 121 heavy (non-hydrogen) atoms. The van der Waals surface area contributed by atoms with E-state index in [2.05, 4.69) is 39.9 Å². The zero-order chi connectivity index (χ0) is 87.4. The number of ketones is 4. The molecule has 23 heteroatoms. The van der Waals surface area contributed by atoms with Crippen molar-refractivity contribution in [1.29, 1.82) is 0 Å². The summed E-state index contributed by atoms with van der Waals surface area (Å²) in [5.41, 5.74) is 27.8. The van der Waals surface area contributed by atoms with Crippen LogP contribution in [0.4, 0.5) is 28.6 Å². The van der Waals surface area contributed by atoms with E-state index in [9.17, 15) is 38.4 Å². The standard InChI is InChI=1S/C25H27N3O3.C25H27N3O2.C24H24ClN3O2.C24H26N4O2/c1-5-25(30)28(3)20-9-10-21(17(2)14-20)19-8-11-22(26-16-19)23(29)12-6-18-7-13-24(31-4)27-15-18;1-5-25(30)28(4)21-10-11-22(17(2)14-21)20-9-12-23(27-16-20)24(29)13-8-19-7-6-18(3)26-15-19;2*1-4-24(30)28(3)19-8-9-20(16(2)13-19)18-7-10-21(26-15-18)22(29)11-5-17-6-12-23(25)27-14-17/h7-11,13-16H,5-6,12H2,1-4H3;6-7,9-12,14-16H,5,8,13H2,1-4H3;6-10,12-15H,4-5,11H2,1-3H3;6-10,12-15H,4-5,11H2,1-3H3,(H2,25,27). The second kappa shape index (κ2) is 44.4. The lowest BCUT2D eigenvalue weighted by molar-refractivity contribution is -0.118. The molecule has 0 bridgehead atoms. The number of ether oxygens (including phenoxy) is 1. The SMILES string of the molecule is CCC(=O)N(C)c1ccc(-c2ccc(C(=O)CCc3ccc(C)nc3)nc2)c(C)c1.CCC(=O)N(C)c1ccc(-c2ccc(C(=O)CCc3ccc(Cl)nc3)nc2)c(C)c1.CCC(=O)N(C)c1ccc(-c2ccc(C(=O)CCc3ccc(N)nc3)nc2)c(C)c1.CCC(=O)N(C)c1ccc(-c2ccc(C(=O)CCc3ccc(OC)nc3)nc2)c(C)c1. The fraction of sp³-hybridized carbons (Fsp3) is 0.265. The molecular weight excluding hydrogens is 1540 g/mol. The van der Waals surface area contributed by atoms with Crippen LogP contribution in [0.1, 0.15) is 171 Å². The first-order valence-electron chi connectivity index (χ1n) is 40.3. The lowest BCUT2D eigenvalue weighted by Gasteiger charge is -2.18. The Labute approximate surface area is 713 Å². The zero-order valence-electron chi connectivity index (χ0n) is 71.3. The molecule has 8 heterocycles. The molecule has 0 aliphatic rings. The summed E-state index contributed by atoms with van der Waals surface area (Å²) in [6.45, 7) is 17.4. The van der Waals surface area contributed by atoms with E-state index in [1.54, 1.807) is 141 Å². The van der Waals surface area contributed by atoms with Crippen LogP contribution in [0, 0.1) is 34.6 Å². The van der Waals surface area contributed by atoms with Crippen molar-refractivity contribution in [3.8, 4) is 50.4 Å². The van der Waals surface area contributed by atoms with E-state index < -0.39 is 0 Å². The minimum atomic E-state index is -0.0109. The number of Topliss-reactive ketones (excluding diaryl/α,β-unsaturated/α-hetero) is 4. The molecule has 0 fully saturated rings. The number of aromatic nitrogens is 8. The average molecular weight is 1640 g/mol. The third-order valence-corrected chi connectivity index (χ3v) is 20.9. The smallest absolute Gasteiger partial charge is 0.226 e. The van der Waals surface area contributed by atoms with Gasteiger partial charge in [-0.05, 0) is 218 Å². The molecular formula is C98H104ClN13O9. The molecule has 0 spiro atoms. The van der Waals surface area contributed by atoms with Crippen molar-refractivity contribution >= 4 is 86.9 Å². The van der Waals surface area contributed by atoms with Gasteiger partial charge in [0.25, 0.3) is 0 Å². The molecule has 22 nitrogen and oxygen atoms in total. The quantitative estimate of drug-likeness (QED) is 0.0336. The number of anilines is 5. The zero-order valence-corrected chi connectivity index (χ0v) is 72.0. The van der Waals surface area contributed by atoms with Crippen LogP contribution in [0.5, 0.6) is 5.88 Å². The molecule has 0 saturated heterocycles. The number of nitrogens with zero attached hydrogens (tertiary/aromatic N) is 12. The number of rotatable bonds is 29. The van der Waals surface area contributed by atoms with Crippen molar-refractivity contribution in [1.82, 2.24) is 39.9 Å². The lowest BCUT2D eigenvalue weighted by atomic mass is 10.00. The van der Waals surface area contributed by atoms with E-state index in [1.807, 2.05) is 196 Å². The summed E-state index contributed by atoms with van der Waals surface area (Å²) in [5.74, 6) is 1.31. The summed E-state index contributed by atoms with van der Waals surface area (Å²) >= 11 is 5.79. The molecule has 0 aliphatic heterocycles. The van der Waals surface area contributed by atoms with Crippen LogP contribution in [-0.4, -0.2) is 122 Å². The summed E-state index contributed by atoms with van der Waals surface area (Å²) in [7, 11) is 8.70. The highest BCUT2D eigenvalue weighted by atomic mass is 35.5. The number of benzene rings is 4. The molecule has 8 aromatic heterocycles. The number of halogens is 1. The second-order valence-corrected chi connectivity index (χ2v) is 29.6. The van der Waals surface area contributed by atoms with Gasteiger partial charge in [-0.25, -0.2) is 15.0 Å². The van der Waals surface area contributed by atoms with Crippen LogP contribution in [0.2, 0.25) is 5.15 Å². The highest BCUT2D eigenvalue weighted by Crippen LogP contribution is 2.33. The normalized spacial score (nSPS) is 10.6. The maximum Gasteiger partial charge on any atom is 0.226 e. The molecule has 4 amide bonds. The van der Waals surface area contributed by atoms with Crippen molar-refractivity contribution in [3.63, 3.8) is 0 Å². The van der Waals surface area contributed by atoms with Gasteiger partial charge in [0.1, 0.15) is 33.7 Å². The number of hydrogen-bond donors (Lipinski definition) is 1. The summed E-state index contributed by atoms with van der Waals surface area (Å²) in [4.78, 5) is 138. The van der Waals surface area contributed by atoms with E-state index in [0.717, 1.165) is 117 Å². The number of carbonyl (C=O) groups excluding carboxylic acids is 8. The van der Waals surface area contributed by atoms with Gasteiger partial charge in [-0.1, -0.05) is 112 Å². The molecule has 622 valence electrons. The first-order chi connectivity index (χ1) is 58.1. The van der Waals surface area contributed by atoms with Crippen LogP contribution in [0.15, 0.2) is 219 Å². The average Bonchev–Trinajstić information content (AvgIpc) is 0.828. The van der Waals surface area contributed by atoms with Crippen LogP contribution in [-0.2, 0) is 44.9 Å². The molecule has 0 saturated carbocycles. The Hall–Kier alpha value is -13.5. The number of carbonyl (C=O) groups is 8. The minimum absolute atomic E-state index is 0.00543.